The molecule has 3 aromatic carbocycles. The zero-order chi connectivity index (χ0) is 23.7. The van der Waals surface area contributed by atoms with Gasteiger partial charge in [0.05, 0.1) is 41.3 Å². The topological polar surface area (TPSA) is 44.8 Å². The second kappa shape index (κ2) is 10.2. The largest absolute Gasteiger partial charge is 0.495 e. The minimum absolute atomic E-state index is 0.00278. The van der Waals surface area contributed by atoms with Crippen molar-refractivity contribution in [2.75, 3.05) is 20.8 Å². The van der Waals surface area contributed by atoms with Crippen molar-refractivity contribution >= 4 is 53.6 Å². The number of fused-ring (bicyclic) bond motifs is 1. The molecule has 0 radical (unpaired) electrons. The first-order valence-corrected chi connectivity index (χ1v) is 12.8. The van der Waals surface area contributed by atoms with Crippen LogP contribution in [-0.2, 0) is 11.8 Å². The van der Waals surface area contributed by atoms with Gasteiger partial charge < -0.3 is 14.2 Å². The van der Waals surface area contributed by atoms with Gasteiger partial charge in [-0.15, -0.1) is 0 Å². The summed E-state index contributed by atoms with van der Waals surface area (Å²) in [6.45, 7) is 0.228. The summed E-state index contributed by atoms with van der Waals surface area (Å²) >= 11 is 10.7. The van der Waals surface area contributed by atoms with Crippen LogP contribution in [0, 0.1) is 11.7 Å². The van der Waals surface area contributed by atoms with Crippen molar-refractivity contribution in [2.45, 2.75) is 11.8 Å². The number of hydrogen-bond donors (Lipinski definition) is 0. The number of hydrogen-bond acceptors (Lipinski definition) is 4. The fraction of sp³-hybridized carbons (Fsp3) is 0.240. The van der Waals surface area contributed by atoms with Gasteiger partial charge in [-0.2, -0.15) is 0 Å². The van der Waals surface area contributed by atoms with E-state index in [2.05, 4.69) is 47.8 Å². The molecule has 1 aliphatic rings. The summed E-state index contributed by atoms with van der Waals surface area (Å²) in [6.07, 6.45) is 0.428. The van der Waals surface area contributed by atoms with Gasteiger partial charge in [0.2, 0.25) is 0 Å². The van der Waals surface area contributed by atoms with Crippen LogP contribution >= 0.6 is 47.8 Å². The van der Waals surface area contributed by atoms with Crippen LogP contribution in [0.4, 0.5) is 4.39 Å². The van der Waals surface area contributed by atoms with Gasteiger partial charge in [0.15, 0.2) is 5.78 Å². The fourth-order valence-electron chi connectivity index (χ4n) is 3.94. The van der Waals surface area contributed by atoms with Gasteiger partial charge in [-0.05, 0) is 79.2 Å². The Labute approximate surface area is 216 Å². The second-order valence-corrected chi connectivity index (χ2v) is 9.77. The van der Waals surface area contributed by atoms with Gasteiger partial charge in [-0.3, -0.25) is 4.79 Å². The smallest absolute Gasteiger partial charge is 0.173 e. The molecular formula is C25H20Br3FO4. The normalized spacial score (nSPS) is 15.1. The molecule has 0 aromatic heterocycles. The number of halogens is 4. The molecule has 0 amide bonds. The van der Waals surface area contributed by atoms with Crippen LogP contribution in [0.25, 0.3) is 11.1 Å². The Morgan fingerprint density at radius 1 is 1.00 bits per heavy atom. The molecule has 33 heavy (non-hydrogen) atoms. The van der Waals surface area contributed by atoms with E-state index in [1.54, 1.807) is 32.4 Å². The summed E-state index contributed by atoms with van der Waals surface area (Å²) in [5.74, 6) is 1.07. The van der Waals surface area contributed by atoms with Gasteiger partial charge in [-0.25, -0.2) is 4.39 Å². The average molecular weight is 643 g/mol. The van der Waals surface area contributed by atoms with Crippen molar-refractivity contribution in [3.8, 4) is 28.4 Å². The molecule has 0 unspecified atom stereocenters. The predicted molar refractivity (Wildman–Crippen MR) is 136 cm³/mol. The number of ether oxygens (including phenoxy) is 3. The molecule has 8 heteroatoms. The van der Waals surface area contributed by atoms with Crippen molar-refractivity contribution in [3.05, 3.63) is 73.9 Å². The monoisotopic (exact) mass is 640 g/mol. The molecule has 0 bridgehead atoms. The van der Waals surface area contributed by atoms with E-state index in [4.69, 9.17) is 14.2 Å². The number of rotatable bonds is 6. The van der Waals surface area contributed by atoms with Crippen molar-refractivity contribution in [3.63, 3.8) is 0 Å². The quantitative estimate of drug-likeness (QED) is 0.264. The van der Waals surface area contributed by atoms with E-state index in [9.17, 15) is 9.18 Å². The molecule has 0 N–H and O–H groups in total. The first-order valence-electron chi connectivity index (χ1n) is 10.1. The molecular weight excluding hydrogens is 623 g/mol. The Morgan fingerprint density at radius 3 is 2.18 bits per heavy atom. The molecule has 1 heterocycles. The third kappa shape index (κ3) is 4.70. The summed E-state index contributed by atoms with van der Waals surface area (Å²) in [7, 11) is 3.17. The standard InChI is InChI=1S/C25H20Br3FO4/c1-31-20-10-21(32-2)23(28)18(22(20)27)9-15-12-33-25-17(14-3-5-16(29)6-4-14)7-13(11-26)8-19(25)24(15)30/h3-8,10,15H,9,11-12H2,1-2H3/t15-/m0/s1. The molecule has 0 saturated heterocycles. The van der Waals surface area contributed by atoms with Crippen molar-refractivity contribution in [1.29, 1.82) is 0 Å². The SMILES string of the molecule is COc1cc(OC)c(Br)c(C[C@H]2COc3c(cc(CBr)cc3-c3ccc(F)cc3)C2=O)c1Br. The zero-order valence-electron chi connectivity index (χ0n) is 17.9. The van der Waals surface area contributed by atoms with E-state index in [0.29, 0.717) is 34.6 Å². The maximum absolute atomic E-state index is 13.6. The minimum Gasteiger partial charge on any atom is -0.495 e. The number of ketones is 1. The number of benzene rings is 3. The maximum atomic E-state index is 13.6. The highest BCUT2D eigenvalue weighted by atomic mass is 79.9. The second-order valence-electron chi connectivity index (χ2n) is 7.62. The van der Waals surface area contributed by atoms with Gasteiger partial charge >= 0.3 is 0 Å². The predicted octanol–water partition coefficient (Wildman–Crippen LogP) is 7.36. The van der Waals surface area contributed by atoms with Crippen molar-refractivity contribution in [1.82, 2.24) is 0 Å². The summed E-state index contributed by atoms with van der Waals surface area (Å²) < 4.78 is 32.1. The highest BCUT2D eigenvalue weighted by Gasteiger charge is 2.33. The van der Waals surface area contributed by atoms with E-state index in [1.165, 1.54) is 12.1 Å². The van der Waals surface area contributed by atoms with E-state index < -0.39 is 5.92 Å². The fourth-order valence-corrected chi connectivity index (χ4v) is 5.80. The first kappa shape index (κ1) is 24.2. The van der Waals surface area contributed by atoms with E-state index in [1.807, 2.05) is 12.1 Å². The lowest BCUT2D eigenvalue weighted by atomic mass is 9.86. The third-order valence-corrected chi connectivity index (χ3v) is 8.02. The molecule has 4 rings (SSSR count). The molecule has 1 aliphatic heterocycles. The zero-order valence-corrected chi connectivity index (χ0v) is 22.6. The number of carbonyl (C=O) groups excluding carboxylic acids is 1. The van der Waals surface area contributed by atoms with E-state index in [-0.39, 0.29) is 18.2 Å². The number of Topliss-reactive ketones (excluding diaryl/α,β-unsaturated/α-hetero) is 1. The lowest BCUT2D eigenvalue weighted by molar-refractivity contribution is 0.0830. The molecule has 1 atom stereocenters. The van der Waals surface area contributed by atoms with Gasteiger partial charge in [0.1, 0.15) is 23.1 Å². The van der Waals surface area contributed by atoms with Crippen LogP contribution < -0.4 is 14.2 Å². The highest BCUT2D eigenvalue weighted by Crippen LogP contribution is 2.44. The summed E-state index contributed by atoms with van der Waals surface area (Å²) in [4.78, 5) is 13.6. The Bertz CT molecular complexity index is 1180. The van der Waals surface area contributed by atoms with Crippen LogP contribution in [-0.4, -0.2) is 26.6 Å². The van der Waals surface area contributed by atoms with Crippen LogP contribution in [0.2, 0.25) is 0 Å². The maximum Gasteiger partial charge on any atom is 0.173 e. The van der Waals surface area contributed by atoms with Crippen LogP contribution in [0.3, 0.4) is 0 Å². The number of alkyl halides is 1. The first-order chi connectivity index (χ1) is 15.9. The highest BCUT2D eigenvalue weighted by molar-refractivity contribution is 9.11. The summed E-state index contributed by atoms with van der Waals surface area (Å²) in [5, 5.41) is 0.580. The Morgan fingerprint density at radius 2 is 1.61 bits per heavy atom. The number of methoxy groups -OCH3 is 2. The lowest BCUT2D eigenvalue weighted by Crippen LogP contribution is -2.30. The molecule has 0 saturated carbocycles. The van der Waals surface area contributed by atoms with Gasteiger partial charge in [-0.1, -0.05) is 28.1 Å². The molecule has 0 aliphatic carbocycles. The third-order valence-electron chi connectivity index (χ3n) is 5.64. The Balaban J connectivity index is 1.74. The molecule has 0 fully saturated rings. The van der Waals surface area contributed by atoms with Crippen LogP contribution in [0.15, 0.2) is 51.4 Å². The number of carbonyl (C=O) groups is 1. The average Bonchev–Trinajstić information content (AvgIpc) is 2.83. The molecule has 4 nitrogen and oxygen atoms in total. The van der Waals surface area contributed by atoms with Crippen LogP contribution in [0.1, 0.15) is 21.5 Å². The summed E-state index contributed by atoms with van der Waals surface area (Å²) in [6, 6.07) is 11.8. The summed E-state index contributed by atoms with van der Waals surface area (Å²) in [5.41, 5.74) is 3.91. The van der Waals surface area contributed by atoms with E-state index in [0.717, 1.165) is 31.2 Å². The van der Waals surface area contributed by atoms with Gasteiger partial charge in [0, 0.05) is 17.0 Å². The molecule has 3 aromatic rings. The minimum atomic E-state index is -0.395. The van der Waals surface area contributed by atoms with Crippen molar-refractivity contribution < 1.29 is 23.4 Å². The van der Waals surface area contributed by atoms with Crippen LogP contribution in [0.5, 0.6) is 17.2 Å². The van der Waals surface area contributed by atoms with Crippen molar-refractivity contribution in [2.24, 2.45) is 5.92 Å². The Hall–Kier alpha value is -1.90. The lowest BCUT2D eigenvalue weighted by Gasteiger charge is -2.28. The molecule has 0 spiro atoms. The van der Waals surface area contributed by atoms with Gasteiger partial charge in [0.25, 0.3) is 0 Å². The Kier molecular flexibility index (Phi) is 7.46. The molecule has 172 valence electrons. The van der Waals surface area contributed by atoms with E-state index >= 15 is 0 Å².